The minimum absolute atomic E-state index is 0.318. The normalized spacial score (nSPS) is 12.9. The molecule has 0 fully saturated rings. The van der Waals surface area contributed by atoms with E-state index in [4.69, 9.17) is 0 Å². The standard InChI is InChI=1S/C18H20N4O2S/c1-13-4-5-14(2)18(10-13)25(23,24)21-15(3)16-6-8-17(9-7-16)22-12-19-11-20-22/h4-12,15,21H,1-3H3/t15-/m0/s1. The number of nitrogens with one attached hydrogen (secondary N) is 1. The van der Waals surface area contributed by atoms with E-state index in [9.17, 15) is 8.42 Å². The molecule has 0 amide bonds. The SMILES string of the molecule is Cc1ccc(C)c(S(=O)(=O)N[C@@H](C)c2ccc(-n3cncn3)cc2)c1. The monoisotopic (exact) mass is 356 g/mol. The van der Waals surface area contributed by atoms with Gasteiger partial charge in [0.2, 0.25) is 10.0 Å². The van der Waals surface area contributed by atoms with Gasteiger partial charge >= 0.3 is 0 Å². The van der Waals surface area contributed by atoms with E-state index in [0.29, 0.717) is 4.90 Å². The number of benzene rings is 2. The molecule has 3 aromatic rings. The van der Waals surface area contributed by atoms with E-state index in [2.05, 4.69) is 14.8 Å². The fraction of sp³-hybridized carbons (Fsp3) is 0.222. The maximum Gasteiger partial charge on any atom is 0.241 e. The van der Waals surface area contributed by atoms with Crippen LogP contribution in [-0.2, 0) is 10.0 Å². The van der Waals surface area contributed by atoms with Gasteiger partial charge in [0.25, 0.3) is 0 Å². The van der Waals surface area contributed by atoms with Crippen LogP contribution in [0.3, 0.4) is 0 Å². The summed E-state index contributed by atoms with van der Waals surface area (Å²) < 4.78 is 29.8. The van der Waals surface area contributed by atoms with Crippen molar-refractivity contribution in [1.82, 2.24) is 19.5 Å². The van der Waals surface area contributed by atoms with Crippen LogP contribution in [-0.4, -0.2) is 23.2 Å². The Morgan fingerprint density at radius 2 is 1.80 bits per heavy atom. The fourth-order valence-corrected chi connectivity index (χ4v) is 4.18. The molecule has 0 aliphatic rings. The first kappa shape index (κ1) is 17.3. The van der Waals surface area contributed by atoms with Crippen LogP contribution in [0.4, 0.5) is 0 Å². The van der Waals surface area contributed by atoms with E-state index >= 15 is 0 Å². The first-order chi connectivity index (χ1) is 11.9. The van der Waals surface area contributed by atoms with Gasteiger partial charge in [-0.1, -0.05) is 24.3 Å². The van der Waals surface area contributed by atoms with Crippen LogP contribution in [0.1, 0.15) is 29.7 Å². The van der Waals surface area contributed by atoms with Crippen molar-refractivity contribution in [1.29, 1.82) is 0 Å². The van der Waals surface area contributed by atoms with Gasteiger partial charge in [-0.25, -0.2) is 22.8 Å². The number of hydrogen-bond acceptors (Lipinski definition) is 4. The van der Waals surface area contributed by atoms with Crippen LogP contribution >= 0.6 is 0 Å². The predicted octanol–water partition coefficient (Wildman–Crippen LogP) is 2.92. The number of sulfonamides is 1. The maximum absolute atomic E-state index is 12.7. The molecular formula is C18H20N4O2S. The Morgan fingerprint density at radius 1 is 1.08 bits per heavy atom. The maximum atomic E-state index is 12.7. The zero-order chi connectivity index (χ0) is 18.0. The average Bonchev–Trinajstić information content (AvgIpc) is 3.11. The van der Waals surface area contributed by atoms with Crippen molar-refractivity contribution in [3.05, 3.63) is 71.8 Å². The highest BCUT2D eigenvalue weighted by molar-refractivity contribution is 7.89. The number of aryl methyl sites for hydroxylation is 2. The van der Waals surface area contributed by atoms with Crippen LogP contribution < -0.4 is 4.72 Å². The summed E-state index contributed by atoms with van der Waals surface area (Å²) in [6.45, 7) is 5.50. The molecule has 25 heavy (non-hydrogen) atoms. The molecular weight excluding hydrogens is 336 g/mol. The molecule has 2 aromatic carbocycles. The van der Waals surface area contributed by atoms with Crippen LogP contribution in [0, 0.1) is 13.8 Å². The van der Waals surface area contributed by atoms with Gasteiger partial charge in [0, 0.05) is 6.04 Å². The van der Waals surface area contributed by atoms with Crippen LogP contribution in [0.25, 0.3) is 5.69 Å². The van der Waals surface area contributed by atoms with Crippen molar-refractivity contribution in [2.75, 3.05) is 0 Å². The fourth-order valence-electron chi connectivity index (χ4n) is 2.62. The minimum atomic E-state index is -3.59. The van der Waals surface area contributed by atoms with Gasteiger partial charge in [0.05, 0.1) is 10.6 Å². The molecule has 0 saturated heterocycles. The highest BCUT2D eigenvalue weighted by Crippen LogP contribution is 2.21. The smallest absolute Gasteiger partial charge is 0.223 e. The lowest BCUT2D eigenvalue weighted by Gasteiger charge is -2.16. The molecule has 7 heteroatoms. The molecule has 1 aromatic heterocycles. The molecule has 1 atom stereocenters. The minimum Gasteiger partial charge on any atom is -0.223 e. The summed E-state index contributed by atoms with van der Waals surface area (Å²) >= 11 is 0. The highest BCUT2D eigenvalue weighted by atomic mass is 32.2. The summed E-state index contributed by atoms with van der Waals surface area (Å²) in [5.41, 5.74) is 3.38. The molecule has 0 aliphatic carbocycles. The van der Waals surface area contributed by atoms with Gasteiger partial charge in [-0.3, -0.25) is 0 Å². The topological polar surface area (TPSA) is 76.9 Å². The second-order valence-corrected chi connectivity index (χ2v) is 7.73. The predicted molar refractivity (Wildman–Crippen MR) is 96.0 cm³/mol. The Labute approximate surface area is 147 Å². The lowest BCUT2D eigenvalue weighted by molar-refractivity contribution is 0.566. The van der Waals surface area contributed by atoms with E-state index in [1.807, 2.05) is 50.2 Å². The summed E-state index contributed by atoms with van der Waals surface area (Å²) in [4.78, 5) is 4.23. The molecule has 0 unspecified atom stereocenters. The molecule has 1 N–H and O–H groups in total. The first-order valence-corrected chi connectivity index (χ1v) is 9.40. The third-order valence-electron chi connectivity index (χ3n) is 4.04. The van der Waals surface area contributed by atoms with E-state index in [1.54, 1.807) is 24.0 Å². The zero-order valence-electron chi connectivity index (χ0n) is 14.3. The third-order valence-corrected chi connectivity index (χ3v) is 5.72. The van der Waals surface area contributed by atoms with E-state index in [-0.39, 0.29) is 6.04 Å². The summed E-state index contributed by atoms with van der Waals surface area (Å²) in [7, 11) is -3.59. The van der Waals surface area contributed by atoms with Crippen molar-refractivity contribution >= 4 is 10.0 Å². The van der Waals surface area contributed by atoms with Crippen LogP contribution in [0.2, 0.25) is 0 Å². The first-order valence-electron chi connectivity index (χ1n) is 7.91. The Hall–Kier alpha value is -2.51. The summed E-state index contributed by atoms with van der Waals surface area (Å²) in [5.74, 6) is 0. The van der Waals surface area contributed by atoms with Gasteiger partial charge in [0.15, 0.2) is 0 Å². The molecule has 130 valence electrons. The van der Waals surface area contributed by atoms with Gasteiger partial charge in [-0.2, -0.15) is 5.10 Å². The van der Waals surface area contributed by atoms with Gasteiger partial charge in [0.1, 0.15) is 12.7 Å². The Bertz CT molecular complexity index is 965. The van der Waals surface area contributed by atoms with Gasteiger partial charge in [-0.15, -0.1) is 0 Å². The van der Waals surface area contributed by atoms with Gasteiger partial charge < -0.3 is 0 Å². The molecule has 0 bridgehead atoms. The number of nitrogens with zero attached hydrogens (tertiary/aromatic N) is 3. The third kappa shape index (κ3) is 3.78. The van der Waals surface area contributed by atoms with Crippen molar-refractivity contribution in [2.45, 2.75) is 31.7 Å². The Balaban J connectivity index is 1.81. The molecule has 1 heterocycles. The summed E-state index contributed by atoms with van der Waals surface area (Å²) in [6.07, 6.45) is 3.08. The molecule has 0 aliphatic heterocycles. The molecule has 6 nitrogen and oxygen atoms in total. The number of rotatable bonds is 5. The number of hydrogen-bond donors (Lipinski definition) is 1. The lowest BCUT2D eigenvalue weighted by Crippen LogP contribution is -2.27. The van der Waals surface area contributed by atoms with E-state index in [1.165, 1.54) is 6.33 Å². The molecule has 3 rings (SSSR count). The van der Waals surface area contributed by atoms with Crippen LogP contribution in [0.5, 0.6) is 0 Å². The highest BCUT2D eigenvalue weighted by Gasteiger charge is 2.20. The van der Waals surface area contributed by atoms with E-state index in [0.717, 1.165) is 22.4 Å². The molecule has 0 saturated carbocycles. The number of aromatic nitrogens is 3. The second kappa shape index (κ2) is 6.78. The average molecular weight is 356 g/mol. The van der Waals surface area contributed by atoms with E-state index < -0.39 is 10.0 Å². The summed E-state index contributed by atoms with van der Waals surface area (Å²) in [6, 6.07) is 12.6. The van der Waals surface area contributed by atoms with Crippen molar-refractivity contribution in [2.24, 2.45) is 0 Å². The lowest BCUT2D eigenvalue weighted by atomic mass is 10.1. The van der Waals surface area contributed by atoms with Crippen molar-refractivity contribution in [3.63, 3.8) is 0 Å². The zero-order valence-corrected chi connectivity index (χ0v) is 15.2. The Morgan fingerprint density at radius 3 is 2.44 bits per heavy atom. The Kier molecular flexibility index (Phi) is 4.69. The largest absolute Gasteiger partial charge is 0.241 e. The quantitative estimate of drug-likeness (QED) is 0.762. The van der Waals surface area contributed by atoms with Crippen molar-refractivity contribution < 1.29 is 8.42 Å². The van der Waals surface area contributed by atoms with Gasteiger partial charge in [-0.05, 0) is 55.7 Å². The molecule has 0 radical (unpaired) electrons. The van der Waals surface area contributed by atoms with Crippen LogP contribution in [0.15, 0.2) is 60.0 Å². The molecule has 0 spiro atoms. The second-order valence-electron chi connectivity index (χ2n) is 6.04. The summed E-state index contributed by atoms with van der Waals surface area (Å²) in [5, 5.41) is 4.07. The van der Waals surface area contributed by atoms with Crippen molar-refractivity contribution in [3.8, 4) is 5.69 Å².